The molecule has 5 nitrogen and oxygen atoms in total. The van der Waals surface area contributed by atoms with E-state index in [0.717, 1.165) is 36.6 Å². The molecule has 2 rings (SSSR count). The average Bonchev–Trinajstić information content (AvgIpc) is 3.05. The molecule has 122 valence electrons. The fraction of sp³-hybridized carbons (Fsp3) is 0.562. The Morgan fingerprint density at radius 2 is 2.27 bits per heavy atom. The number of nitrogens with two attached hydrogens (primary N) is 1. The van der Waals surface area contributed by atoms with Gasteiger partial charge in [0.25, 0.3) is 0 Å². The molecule has 0 aliphatic carbocycles. The molecule has 2 atom stereocenters. The minimum atomic E-state index is -0.470. The first kappa shape index (κ1) is 17.1. The Bertz CT molecular complexity index is 461. The summed E-state index contributed by atoms with van der Waals surface area (Å²) in [4.78, 5) is 11.9. The van der Waals surface area contributed by atoms with Gasteiger partial charge in [-0.1, -0.05) is 0 Å². The molecule has 1 aromatic rings. The van der Waals surface area contributed by atoms with Crippen molar-refractivity contribution in [3.63, 3.8) is 0 Å². The molecule has 6 heteroatoms. The number of carbonyl (C=O) groups is 1. The van der Waals surface area contributed by atoms with E-state index in [-0.39, 0.29) is 12.0 Å². The van der Waals surface area contributed by atoms with Crippen LogP contribution in [0.5, 0.6) is 5.75 Å². The van der Waals surface area contributed by atoms with E-state index < -0.39 is 6.04 Å². The normalized spacial score (nSPS) is 18.9. The van der Waals surface area contributed by atoms with E-state index in [9.17, 15) is 4.79 Å². The van der Waals surface area contributed by atoms with Gasteiger partial charge in [-0.05, 0) is 55.5 Å². The Morgan fingerprint density at radius 3 is 2.91 bits per heavy atom. The highest BCUT2D eigenvalue weighted by Gasteiger charge is 2.16. The SMILES string of the molecule is CSCC[C@H](N)C(=O)Nc1ccc(OCC2CCCO2)cc1. The van der Waals surface area contributed by atoms with Crippen LogP contribution in [0, 0.1) is 0 Å². The number of thioether (sulfide) groups is 1. The van der Waals surface area contributed by atoms with Crippen LogP contribution >= 0.6 is 11.8 Å². The van der Waals surface area contributed by atoms with Gasteiger partial charge in [-0.3, -0.25) is 4.79 Å². The zero-order valence-corrected chi connectivity index (χ0v) is 13.7. The molecule has 1 aliphatic heterocycles. The summed E-state index contributed by atoms with van der Waals surface area (Å²) in [7, 11) is 0. The van der Waals surface area contributed by atoms with Crippen LogP contribution in [0.4, 0.5) is 5.69 Å². The van der Waals surface area contributed by atoms with Crippen molar-refractivity contribution in [2.75, 3.05) is 30.5 Å². The van der Waals surface area contributed by atoms with E-state index in [0.29, 0.717) is 13.0 Å². The first-order valence-corrected chi connectivity index (χ1v) is 8.98. The molecule has 0 bridgehead atoms. The van der Waals surface area contributed by atoms with Gasteiger partial charge in [0.2, 0.25) is 5.91 Å². The number of ether oxygens (including phenoxy) is 2. The Morgan fingerprint density at radius 1 is 1.50 bits per heavy atom. The fourth-order valence-corrected chi connectivity index (χ4v) is 2.70. The molecule has 0 saturated carbocycles. The van der Waals surface area contributed by atoms with Crippen LogP contribution in [-0.4, -0.2) is 43.3 Å². The molecule has 1 heterocycles. The maximum absolute atomic E-state index is 11.9. The molecule has 1 unspecified atom stereocenters. The van der Waals surface area contributed by atoms with Crippen LogP contribution in [0.25, 0.3) is 0 Å². The third-order valence-electron chi connectivity index (χ3n) is 3.55. The van der Waals surface area contributed by atoms with Gasteiger partial charge < -0.3 is 20.5 Å². The molecule has 1 aliphatic rings. The topological polar surface area (TPSA) is 73.6 Å². The summed E-state index contributed by atoms with van der Waals surface area (Å²) < 4.78 is 11.2. The molecule has 0 radical (unpaired) electrons. The van der Waals surface area contributed by atoms with E-state index >= 15 is 0 Å². The number of rotatable bonds is 8. The van der Waals surface area contributed by atoms with Crippen molar-refractivity contribution in [1.29, 1.82) is 0 Å². The molecule has 1 fully saturated rings. The van der Waals surface area contributed by atoms with Crippen molar-refractivity contribution in [1.82, 2.24) is 0 Å². The van der Waals surface area contributed by atoms with Gasteiger partial charge >= 0.3 is 0 Å². The number of nitrogens with one attached hydrogen (secondary N) is 1. The van der Waals surface area contributed by atoms with Crippen molar-refractivity contribution < 1.29 is 14.3 Å². The van der Waals surface area contributed by atoms with Gasteiger partial charge in [0.15, 0.2) is 0 Å². The summed E-state index contributed by atoms with van der Waals surface area (Å²) >= 11 is 1.68. The summed E-state index contributed by atoms with van der Waals surface area (Å²) in [5.41, 5.74) is 6.57. The van der Waals surface area contributed by atoms with Crippen molar-refractivity contribution >= 4 is 23.4 Å². The zero-order valence-electron chi connectivity index (χ0n) is 12.9. The molecule has 0 aromatic heterocycles. The number of benzene rings is 1. The van der Waals surface area contributed by atoms with E-state index in [1.807, 2.05) is 30.5 Å². The first-order valence-electron chi connectivity index (χ1n) is 7.59. The zero-order chi connectivity index (χ0) is 15.8. The minimum absolute atomic E-state index is 0.151. The summed E-state index contributed by atoms with van der Waals surface area (Å²) in [5.74, 6) is 1.51. The summed E-state index contributed by atoms with van der Waals surface area (Å²) in [6, 6.07) is 6.87. The minimum Gasteiger partial charge on any atom is -0.491 e. The second kappa shape index (κ2) is 9.02. The summed E-state index contributed by atoms with van der Waals surface area (Å²) in [6.45, 7) is 1.40. The highest BCUT2D eigenvalue weighted by atomic mass is 32.2. The van der Waals surface area contributed by atoms with Crippen LogP contribution in [0.15, 0.2) is 24.3 Å². The molecule has 3 N–H and O–H groups in total. The van der Waals surface area contributed by atoms with Gasteiger partial charge in [-0.25, -0.2) is 0 Å². The van der Waals surface area contributed by atoms with Gasteiger partial charge in [0.1, 0.15) is 12.4 Å². The maximum atomic E-state index is 11.9. The number of carbonyl (C=O) groups excluding carboxylic acids is 1. The average molecular weight is 324 g/mol. The van der Waals surface area contributed by atoms with Crippen LogP contribution in [-0.2, 0) is 9.53 Å². The molecular weight excluding hydrogens is 300 g/mol. The van der Waals surface area contributed by atoms with Crippen molar-refractivity contribution in [3.05, 3.63) is 24.3 Å². The molecular formula is C16H24N2O3S. The van der Waals surface area contributed by atoms with Gasteiger partial charge in [0.05, 0.1) is 12.1 Å². The highest BCUT2D eigenvalue weighted by Crippen LogP contribution is 2.18. The smallest absolute Gasteiger partial charge is 0.241 e. The Kier molecular flexibility index (Phi) is 7.02. The predicted molar refractivity (Wildman–Crippen MR) is 90.5 cm³/mol. The highest BCUT2D eigenvalue weighted by molar-refractivity contribution is 7.98. The molecule has 1 saturated heterocycles. The van der Waals surface area contributed by atoms with Crippen molar-refractivity contribution in [2.24, 2.45) is 5.73 Å². The summed E-state index contributed by atoms with van der Waals surface area (Å²) in [6.07, 6.45) is 5.04. The lowest BCUT2D eigenvalue weighted by Crippen LogP contribution is -2.36. The van der Waals surface area contributed by atoms with E-state index in [1.54, 1.807) is 11.8 Å². The number of amides is 1. The first-order chi connectivity index (χ1) is 10.7. The third-order valence-corrected chi connectivity index (χ3v) is 4.20. The standard InChI is InChI=1S/C16H24N2O3S/c1-22-10-8-15(17)16(19)18-12-4-6-13(7-5-12)21-11-14-3-2-9-20-14/h4-7,14-15H,2-3,8-11,17H2,1H3,(H,18,19)/t14?,15-/m0/s1. The lowest BCUT2D eigenvalue weighted by Gasteiger charge is -2.13. The maximum Gasteiger partial charge on any atom is 0.241 e. The molecule has 1 aromatic carbocycles. The third kappa shape index (κ3) is 5.51. The van der Waals surface area contributed by atoms with E-state index in [1.165, 1.54) is 0 Å². The second-order valence-electron chi connectivity index (χ2n) is 5.35. The van der Waals surface area contributed by atoms with Gasteiger partial charge in [-0.2, -0.15) is 11.8 Å². The largest absolute Gasteiger partial charge is 0.491 e. The summed E-state index contributed by atoms with van der Waals surface area (Å²) in [5, 5.41) is 2.82. The Balaban J connectivity index is 1.77. The number of hydrogen-bond donors (Lipinski definition) is 2. The van der Waals surface area contributed by atoms with Gasteiger partial charge in [-0.15, -0.1) is 0 Å². The van der Waals surface area contributed by atoms with Crippen molar-refractivity contribution in [2.45, 2.75) is 31.4 Å². The lowest BCUT2D eigenvalue weighted by molar-refractivity contribution is -0.117. The number of anilines is 1. The van der Waals surface area contributed by atoms with Crippen LogP contribution < -0.4 is 15.8 Å². The van der Waals surface area contributed by atoms with Crippen molar-refractivity contribution in [3.8, 4) is 5.75 Å². The second-order valence-corrected chi connectivity index (χ2v) is 6.33. The van der Waals surface area contributed by atoms with E-state index in [4.69, 9.17) is 15.2 Å². The predicted octanol–water partition coefficient (Wildman–Crippen LogP) is 2.26. The molecule has 0 spiro atoms. The fourth-order valence-electron chi connectivity index (χ4n) is 2.21. The van der Waals surface area contributed by atoms with Crippen LogP contribution in [0.2, 0.25) is 0 Å². The monoisotopic (exact) mass is 324 g/mol. The number of hydrogen-bond acceptors (Lipinski definition) is 5. The van der Waals surface area contributed by atoms with Crippen LogP contribution in [0.3, 0.4) is 0 Å². The van der Waals surface area contributed by atoms with Crippen LogP contribution in [0.1, 0.15) is 19.3 Å². The van der Waals surface area contributed by atoms with E-state index in [2.05, 4.69) is 5.32 Å². The van der Waals surface area contributed by atoms with Gasteiger partial charge in [0, 0.05) is 12.3 Å². The quantitative estimate of drug-likeness (QED) is 0.767. The molecule has 1 amide bonds. The Labute approximate surface area is 135 Å². The Hall–Kier alpha value is -1.24. The molecule has 22 heavy (non-hydrogen) atoms. The lowest BCUT2D eigenvalue weighted by atomic mass is 10.2.